The normalized spacial score (nSPS) is 14.1. The fraction of sp³-hybridized carbons (Fsp3) is 0.455. The molecule has 2 amide bonds. The summed E-state index contributed by atoms with van der Waals surface area (Å²) in [6, 6.07) is 9.96. The number of piperazine rings is 1. The summed E-state index contributed by atoms with van der Waals surface area (Å²) in [4.78, 5) is 31.2. The van der Waals surface area contributed by atoms with Gasteiger partial charge in [0, 0.05) is 58.5 Å². The molecule has 0 atom stereocenters. The van der Waals surface area contributed by atoms with E-state index in [0.29, 0.717) is 44.8 Å². The highest BCUT2D eigenvalue weighted by Crippen LogP contribution is 2.21. The van der Waals surface area contributed by atoms with E-state index in [-0.39, 0.29) is 11.8 Å². The summed E-state index contributed by atoms with van der Waals surface area (Å²) in [5.74, 6) is -0.0650. The van der Waals surface area contributed by atoms with Crippen molar-refractivity contribution >= 4 is 17.5 Å². The van der Waals surface area contributed by atoms with Gasteiger partial charge in [0.1, 0.15) is 6.26 Å². The highest BCUT2D eigenvalue weighted by Gasteiger charge is 2.23. The number of nitrogens with zero attached hydrogens (tertiary/aromatic N) is 3. The van der Waals surface area contributed by atoms with Crippen LogP contribution in [0.4, 0.5) is 5.69 Å². The third kappa shape index (κ3) is 5.38. The second kappa shape index (κ2) is 10.1. The Hall–Kier alpha value is -2.80. The minimum atomic E-state index is -0.145. The van der Waals surface area contributed by atoms with Crippen LogP contribution in [0.3, 0.4) is 0 Å². The summed E-state index contributed by atoms with van der Waals surface area (Å²) in [5, 5.41) is 0. The SMILES string of the molecule is COCCN(CCC(=O)N1CCN(c2ccccc2C)CC1)C(=O)c1ccoc1. The minimum Gasteiger partial charge on any atom is -0.472 e. The first kappa shape index (κ1) is 20.9. The van der Waals surface area contributed by atoms with Crippen LogP contribution in [0.5, 0.6) is 0 Å². The summed E-state index contributed by atoms with van der Waals surface area (Å²) in [6.45, 7) is 6.36. The fourth-order valence-corrected chi connectivity index (χ4v) is 3.59. The van der Waals surface area contributed by atoms with Gasteiger partial charge >= 0.3 is 0 Å². The molecule has 1 saturated heterocycles. The Morgan fingerprint density at radius 1 is 1.10 bits per heavy atom. The number of rotatable bonds is 8. The zero-order chi connectivity index (χ0) is 20.6. The van der Waals surface area contributed by atoms with E-state index in [1.54, 1.807) is 18.1 Å². The van der Waals surface area contributed by atoms with E-state index >= 15 is 0 Å². The number of para-hydroxylation sites is 1. The summed E-state index contributed by atoms with van der Waals surface area (Å²) >= 11 is 0. The Labute approximate surface area is 171 Å². The lowest BCUT2D eigenvalue weighted by Crippen LogP contribution is -2.49. The van der Waals surface area contributed by atoms with Crippen molar-refractivity contribution in [3.8, 4) is 0 Å². The molecule has 3 rings (SSSR count). The van der Waals surface area contributed by atoms with Gasteiger partial charge in [-0.1, -0.05) is 18.2 Å². The first-order valence-electron chi connectivity index (χ1n) is 9.99. The van der Waals surface area contributed by atoms with Crippen molar-refractivity contribution in [3.63, 3.8) is 0 Å². The molecule has 1 aromatic carbocycles. The van der Waals surface area contributed by atoms with E-state index in [4.69, 9.17) is 9.15 Å². The van der Waals surface area contributed by atoms with E-state index in [9.17, 15) is 9.59 Å². The number of hydrogen-bond acceptors (Lipinski definition) is 5. The molecule has 1 aromatic heterocycles. The molecule has 156 valence electrons. The Balaban J connectivity index is 1.51. The number of ether oxygens (including phenoxy) is 1. The molecule has 2 heterocycles. The quantitative estimate of drug-likeness (QED) is 0.682. The van der Waals surface area contributed by atoms with Crippen LogP contribution in [0, 0.1) is 6.92 Å². The number of benzene rings is 1. The molecule has 0 bridgehead atoms. The van der Waals surface area contributed by atoms with E-state index < -0.39 is 0 Å². The highest BCUT2D eigenvalue weighted by molar-refractivity contribution is 5.94. The molecule has 1 aliphatic rings. The summed E-state index contributed by atoms with van der Waals surface area (Å²) in [5.41, 5.74) is 2.97. The monoisotopic (exact) mass is 399 g/mol. The van der Waals surface area contributed by atoms with E-state index in [1.165, 1.54) is 23.8 Å². The first-order valence-corrected chi connectivity index (χ1v) is 9.99. The van der Waals surface area contributed by atoms with Crippen LogP contribution in [0.15, 0.2) is 47.3 Å². The van der Waals surface area contributed by atoms with Gasteiger partial charge in [0.05, 0.1) is 18.4 Å². The molecular formula is C22H29N3O4. The number of anilines is 1. The van der Waals surface area contributed by atoms with Crippen molar-refractivity contribution in [2.45, 2.75) is 13.3 Å². The third-order valence-corrected chi connectivity index (χ3v) is 5.30. The maximum Gasteiger partial charge on any atom is 0.257 e. The van der Waals surface area contributed by atoms with Gasteiger partial charge in [-0.3, -0.25) is 9.59 Å². The van der Waals surface area contributed by atoms with Crippen LogP contribution in [0.1, 0.15) is 22.3 Å². The molecule has 7 heteroatoms. The molecule has 0 radical (unpaired) electrons. The van der Waals surface area contributed by atoms with Gasteiger partial charge in [-0.2, -0.15) is 0 Å². The van der Waals surface area contributed by atoms with Gasteiger partial charge in [-0.15, -0.1) is 0 Å². The lowest BCUT2D eigenvalue weighted by Gasteiger charge is -2.37. The number of carbonyl (C=O) groups excluding carboxylic acids is 2. The van der Waals surface area contributed by atoms with Gasteiger partial charge in [0.2, 0.25) is 5.91 Å². The molecule has 0 N–H and O–H groups in total. The van der Waals surface area contributed by atoms with Crippen molar-refractivity contribution in [2.75, 3.05) is 57.9 Å². The van der Waals surface area contributed by atoms with Crippen molar-refractivity contribution in [1.29, 1.82) is 0 Å². The standard InChI is InChI=1S/C22H29N3O4/c1-18-5-3-4-6-20(18)23-10-12-24(13-11-23)21(26)7-9-25(14-16-28-2)22(27)19-8-15-29-17-19/h3-6,8,15,17H,7,9-14,16H2,1-2H3. The van der Waals surface area contributed by atoms with Crippen LogP contribution >= 0.6 is 0 Å². The molecule has 1 fully saturated rings. The maximum absolute atomic E-state index is 12.7. The molecule has 7 nitrogen and oxygen atoms in total. The topological polar surface area (TPSA) is 66.2 Å². The molecule has 2 aromatic rings. The Morgan fingerprint density at radius 3 is 2.52 bits per heavy atom. The van der Waals surface area contributed by atoms with Crippen LogP contribution in [0.2, 0.25) is 0 Å². The van der Waals surface area contributed by atoms with Crippen molar-refractivity contribution in [1.82, 2.24) is 9.80 Å². The predicted molar refractivity (Wildman–Crippen MR) is 111 cm³/mol. The maximum atomic E-state index is 12.7. The Morgan fingerprint density at radius 2 is 1.86 bits per heavy atom. The second-order valence-electron chi connectivity index (χ2n) is 7.20. The van der Waals surface area contributed by atoms with E-state index in [0.717, 1.165) is 13.1 Å². The van der Waals surface area contributed by atoms with Crippen LogP contribution in [0.25, 0.3) is 0 Å². The lowest BCUT2D eigenvalue weighted by molar-refractivity contribution is -0.131. The zero-order valence-electron chi connectivity index (χ0n) is 17.2. The van der Waals surface area contributed by atoms with Gasteiger partial charge in [-0.25, -0.2) is 0 Å². The number of furan rings is 1. The highest BCUT2D eigenvalue weighted by atomic mass is 16.5. The Bertz CT molecular complexity index is 798. The summed E-state index contributed by atoms with van der Waals surface area (Å²) in [7, 11) is 1.60. The largest absolute Gasteiger partial charge is 0.472 e. The van der Waals surface area contributed by atoms with E-state index in [2.05, 4.69) is 24.0 Å². The lowest BCUT2D eigenvalue weighted by atomic mass is 10.1. The molecule has 1 aliphatic heterocycles. The van der Waals surface area contributed by atoms with Gasteiger partial charge in [0.15, 0.2) is 0 Å². The summed E-state index contributed by atoms with van der Waals surface area (Å²) in [6.07, 6.45) is 3.20. The molecular weight excluding hydrogens is 370 g/mol. The van der Waals surface area contributed by atoms with Crippen LogP contribution in [-0.2, 0) is 9.53 Å². The number of hydrogen-bond donors (Lipinski definition) is 0. The average molecular weight is 399 g/mol. The van der Waals surface area contributed by atoms with Crippen molar-refractivity contribution < 1.29 is 18.7 Å². The van der Waals surface area contributed by atoms with Gasteiger partial charge in [-0.05, 0) is 24.6 Å². The molecule has 0 aliphatic carbocycles. The van der Waals surface area contributed by atoms with Crippen LogP contribution in [-0.4, -0.2) is 74.6 Å². The third-order valence-electron chi connectivity index (χ3n) is 5.30. The number of methoxy groups -OCH3 is 1. The predicted octanol–water partition coefficient (Wildman–Crippen LogP) is 2.42. The van der Waals surface area contributed by atoms with Crippen LogP contribution < -0.4 is 4.90 Å². The Kier molecular flexibility index (Phi) is 7.30. The number of carbonyl (C=O) groups is 2. The number of amides is 2. The zero-order valence-corrected chi connectivity index (χ0v) is 17.2. The summed E-state index contributed by atoms with van der Waals surface area (Å²) < 4.78 is 10.1. The number of aryl methyl sites for hydroxylation is 1. The molecule has 29 heavy (non-hydrogen) atoms. The minimum absolute atomic E-state index is 0.0804. The second-order valence-corrected chi connectivity index (χ2v) is 7.20. The van der Waals surface area contributed by atoms with Gasteiger partial charge < -0.3 is 23.9 Å². The smallest absolute Gasteiger partial charge is 0.257 e. The van der Waals surface area contributed by atoms with E-state index in [1.807, 2.05) is 17.0 Å². The fourth-order valence-electron chi connectivity index (χ4n) is 3.59. The van der Waals surface area contributed by atoms with Gasteiger partial charge in [0.25, 0.3) is 5.91 Å². The van der Waals surface area contributed by atoms with Crippen molar-refractivity contribution in [3.05, 3.63) is 54.0 Å². The molecule has 0 spiro atoms. The first-order chi connectivity index (χ1) is 14.1. The molecule has 0 unspecified atom stereocenters. The van der Waals surface area contributed by atoms with Crippen molar-refractivity contribution in [2.24, 2.45) is 0 Å². The molecule has 0 saturated carbocycles. The average Bonchev–Trinajstić information content (AvgIpc) is 3.29.